The molecule has 7 heteroatoms. The summed E-state index contributed by atoms with van der Waals surface area (Å²) in [6, 6.07) is 4.32. The molecule has 0 bridgehead atoms. The van der Waals surface area contributed by atoms with E-state index in [4.69, 9.17) is 4.74 Å². The van der Waals surface area contributed by atoms with E-state index in [1.54, 1.807) is 13.0 Å². The Bertz CT molecular complexity index is 491. The number of anilines is 1. The molecular formula is C13H19N3O4. The van der Waals surface area contributed by atoms with Crippen LogP contribution in [0.5, 0.6) is 5.75 Å². The molecule has 1 rings (SSSR count). The van der Waals surface area contributed by atoms with E-state index < -0.39 is 4.92 Å². The van der Waals surface area contributed by atoms with Gasteiger partial charge in [-0.25, -0.2) is 0 Å². The maximum atomic E-state index is 11.9. The number of rotatable bonds is 7. The molecule has 0 aliphatic rings. The maximum absolute atomic E-state index is 11.9. The maximum Gasteiger partial charge on any atom is 0.312 e. The van der Waals surface area contributed by atoms with Crippen molar-refractivity contribution < 1.29 is 14.5 Å². The van der Waals surface area contributed by atoms with Crippen LogP contribution in [0, 0.1) is 16.0 Å². The number of hydrogen-bond donors (Lipinski definition) is 2. The van der Waals surface area contributed by atoms with Gasteiger partial charge in [-0.1, -0.05) is 13.8 Å². The highest BCUT2D eigenvalue weighted by Crippen LogP contribution is 2.29. The predicted octanol–water partition coefficient (Wildman–Crippen LogP) is 1.79. The number of benzene rings is 1. The Balaban J connectivity index is 2.80. The van der Waals surface area contributed by atoms with Gasteiger partial charge in [0, 0.05) is 24.2 Å². The molecule has 7 nitrogen and oxygen atoms in total. The van der Waals surface area contributed by atoms with Crippen LogP contribution in [0.15, 0.2) is 18.2 Å². The van der Waals surface area contributed by atoms with E-state index in [-0.39, 0.29) is 23.3 Å². The molecule has 110 valence electrons. The van der Waals surface area contributed by atoms with Gasteiger partial charge in [0.1, 0.15) is 0 Å². The van der Waals surface area contributed by atoms with Gasteiger partial charge in [0.05, 0.1) is 12.0 Å². The van der Waals surface area contributed by atoms with Crippen LogP contribution in [0.1, 0.15) is 13.8 Å². The summed E-state index contributed by atoms with van der Waals surface area (Å²) in [7, 11) is 1.36. The Labute approximate surface area is 117 Å². The van der Waals surface area contributed by atoms with Crippen molar-refractivity contribution >= 4 is 17.3 Å². The minimum Gasteiger partial charge on any atom is -0.490 e. The fraction of sp³-hybridized carbons (Fsp3) is 0.462. The topological polar surface area (TPSA) is 93.5 Å². The SMILES string of the molecule is CCNCC(C)C(=O)Nc1ccc(OC)c([N+](=O)[O-])c1. The van der Waals surface area contributed by atoms with Gasteiger partial charge in [-0.15, -0.1) is 0 Å². The van der Waals surface area contributed by atoms with Crippen molar-refractivity contribution in [1.29, 1.82) is 0 Å². The fourth-order valence-electron chi connectivity index (χ4n) is 1.63. The van der Waals surface area contributed by atoms with Gasteiger partial charge in [-0.2, -0.15) is 0 Å². The Morgan fingerprint density at radius 2 is 2.20 bits per heavy atom. The summed E-state index contributed by atoms with van der Waals surface area (Å²) >= 11 is 0. The Kier molecular flexibility index (Phi) is 5.92. The number of amides is 1. The molecule has 1 atom stereocenters. The van der Waals surface area contributed by atoms with Gasteiger partial charge in [0.25, 0.3) is 0 Å². The first-order valence-corrected chi connectivity index (χ1v) is 6.33. The molecule has 0 spiro atoms. The molecule has 0 aromatic heterocycles. The van der Waals surface area contributed by atoms with E-state index in [9.17, 15) is 14.9 Å². The monoisotopic (exact) mass is 281 g/mol. The van der Waals surface area contributed by atoms with Crippen molar-refractivity contribution in [3.8, 4) is 5.75 Å². The minimum absolute atomic E-state index is 0.161. The fourth-order valence-corrected chi connectivity index (χ4v) is 1.63. The van der Waals surface area contributed by atoms with Crippen LogP contribution in [-0.2, 0) is 4.79 Å². The number of ether oxygens (including phenoxy) is 1. The number of nitrogens with zero attached hydrogens (tertiary/aromatic N) is 1. The number of nitrogens with one attached hydrogen (secondary N) is 2. The number of nitro groups is 1. The summed E-state index contributed by atoms with van der Waals surface area (Å²) in [5.41, 5.74) is 0.204. The Hall–Kier alpha value is -2.15. The van der Waals surface area contributed by atoms with Gasteiger partial charge in [-0.05, 0) is 18.7 Å². The minimum atomic E-state index is -0.545. The molecule has 1 aromatic carbocycles. The lowest BCUT2D eigenvalue weighted by atomic mass is 10.1. The first-order valence-electron chi connectivity index (χ1n) is 6.33. The highest BCUT2D eigenvalue weighted by atomic mass is 16.6. The lowest BCUT2D eigenvalue weighted by Crippen LogP contribution is -2.30. The lowest BCUT2D eigenvalue weighted by molar-refractivity contribution is -0.385. The second kappa shape index (κ2) is 7.44. The van der Waals surface area contributed by atoms with Crippen LogP contribution in [-0.4, -0.2) is 31.0 Å². The number of carbonyl (C=O) groups is 1. The van der Waals surface area contributed by atoms with Crippen LogP contribution in [0.2, 0.25) is 0 Å². The van der Waals surface area contributed by atoms with Crippen molar-refractivity contribution in [3.63, 3.8) is 0 Å². The van der Waals surface area contributed by atoms with Crippen molar-refractivity contribution in [2.75, 3.05) is 25.5 Å². The number of hydrogen-bond acceptors (Lipinski definition) is 5. The predicted molar refractivity (Wildman–Crippen MR) is 76.0 cm³/mol. The highest BCUT2D eigenvalue weighted by molar-refractivity contribution is 5.93. The van der Waals surface area contributed by atoms with Crippen LogP contribution in [0.4, 0.5) is 11.4 Å². The number of nitro benzene ring substituents is 1. The zero-order valence-corrected chi connectivity index (χ0v) is 11.8. The molecule has 0 aliphatic heterocycles. The van der Waals surface area contributed by atoms with E-state index in [1.165, 1.54) is 19.2 Å². The second-order valence-corrected chi connectivity index (χ2v) is 4.34. The van der Waals surface area contributed by atoms with E-state index in [0.717, 1.165) is 6.54 Å². The summed E-state index contributed by atoms with van der Waals surface area (Å²) in [5.74, 6) is -0.254. The quantitative estimate of drug-likeness (QED) is 0.587. The highest BCUT2D eigenvalue weighted by Gasteiger charge is 2.17. The summed E-state index contributed by atoms with van der Waals surface area (Å²) in [6.07, 6.45) is 0. The molecule has 0 saturated heterocycles. The van der Waals surface area contributed by atoms with E-state index in [1.807, 2.05) is 6.92 Å². The lowest BCUT2D eigenvalue weighted by Gasteiger charge is -2.12. The zero-order chi connectivity index (χ0) is 15.1. The normalized spacial score (nSPS) is 11.8. The number of carbonyl (C=O) groups excluding carboxylic acids is 1. The molecule has 1 amide bonds. The average molecular weight is 281 g/mol. The largest absolute Gasteiger partial charge is 0.490 e. The molecule has 0 aliphatic carbocycles. The Morgan fingerprint density at radius 3 is 2.75 bits per heavy atom. The smallest absolute Gasteiger partial charge is 0.312 e. The molecule has 2 N–H and O–H groups in total. The van der Waals surface area contributed by atoms with Gasteiger partial charge in [0.15, 0.2) is 5.75 Å². The van der Waals surface area contributed by atoms with Crippen molar-refractivity contribution in [2.24, 2.45) is 5.92 Å². The van der Waals surface area contributed by atoms with E-state index in [0.29, 0.717) is 12.2 Å². The van der Waals surface area contributed by atoms with Crippen molar-refractivity contribution in [2.45, 2.75) is 13.8 Å². The van der Waals surface area contributed by atoms with E-state index >= 15 is 0 Å². The first kappa shape index (κ1) is 15.9. The zero-order valence-electron chi connectivity index (χ0n) is 11.8. The molecule has 1 aromatic rings. The summed E-state index contributed by atoms with van der Waals surface area (Å²) < 4.78 is 4.90. The third-order valence-corrected chi connectivity index (χ3v) is 2.79. The molecular weight excluding hydrogens is 262 g/mol. The molecule has 0 radical (unpaired) electrons. The van der Waals surface area contributed by atoms with Crippen LogP contribution in [0.25, 0.3) is 0 Å². The summed E-state index contributed by atoms with van der Waals surface area (Å²) in [6.45, 7) is 5.08. The van der Waals surface area contributed by atoms with Gasteiger partial charge in [-0.3, -0.25) is 14.9 Å². The molecule has 1 unspecified atom stereocenters. The average Bonchev–Trinajstić information content (AvgIpc) is 2.44. The standard InChI is InChI=1S/C13H19N3O4/c1-4-14-8-9(2)13(17)15-10-5-6-12(20-3)11(7-10)16(18)19/h5-7,9,14H,4,8H2,1-3H3,(H,15,17). The van der Waals surface area contributed by atoms with Crippen LogP contribution >= 0.6 is 0 Å². The third kappa shape index (κ3) is 4.20. The van der Waals surface area contributed by atoms with E-state index in [2.05, 4.69) is 10.6 Å². The van der Waals surface area contributed by atoms with Crippen molar-refractivity contribution in [1.82, 2.24) is 5.32 Å². The van der Waals surface area contributed by atoms with Crippen LogP contribution in [0.3, 0.4) is 0 Å². The molecule has 0 heterocycles. The number of methoxy groups -OCH3 is 1. The molecule has 0 fully saturated rings. The van der Waals surface area contributed by atoms with Crippen molar-refractivity contribution in [3.05, 3.63) is 28.3 Å². The molecule has 0 saturated carbocycles. The first-order chi connectivity index (χ1) is 9.49. The van der Waals surface area contributed by atoms with Gasteiger partial charge < -0.3 is 15.4 Å². The summed E-state index contributed by atoms with van der Waals surface area (Å²) in [4.78, 5) is 22.3. The molecule has 20 heavy (non-hydrogen) atoms. The Morgan fingerprint density at radius 1 is 1.50 bits per heavy atom. The van der Waals surface area contributed by atoms with Crippen LogP contribution < -0.4 is 15.4 Å². The summed E-state index contributed by atoms with van der Waals surface area (Å²) in [5, 5.41) is 16.6. The third-order valence-electron chi connectivity index (χ3n) is 2.79. The second-order valence-electron chi connectivity index (χ2n) is 4.34. The van der Waals surface area contributed by atoms with Gasteiger partial charge in [0.2, 0.25) is 5.91 Å². The van der Waals surface area contributed by atoms with Gasteiger partial charge >= 0.3 is 5.69 Å².